The summed E-state index contributed by atoms with van der Waals surface area (Å²) in [4.78, 5) is 12.8. The number of fused-ring (bicyclic) bond motifs is 6. The molecule has 0 aromatic heterocycles. The van der Waals surface area contributed by atoms with E-state index in [1.165, 1.54) is 24.0 Å². The van der Waals surface area contributed by atoms with Crippen molar-refractivity contribution in [1.29, 1.82) is 0 Å². The lowest BCUT2D eigenvalue weighted by Gasteiger charge is -2.64. The number of aliphatic hydroxyl groups is 1. The molecule has 34 heavy (non-hydrogen) atoms. The van der Waals surface area contributed by atoms with Gasteiger partial charge in [-0.15, -0.1) is 0 Å². The summed E-state index contributed by atoms with van der Waals surface area (Å²) in [5, 5.41) is 21.4. The average Bonchev–Trinajstić information content (AvgIpc) is 2.88. The van der Waals surface area contributed by atoms with E-state index in [0.717, 1.165) is 44.9 Å². The van der Waals surface area contributed by atoms with E-state index in [9.17, 15) is 15.0 Å². The highest BCUT2D eigenvalue weighted by Crippen LogP contribution is 2.69. The number of hydrogen-bond donors (Lipinski definition) is 2. The van der Waals surface area contributed by atoms with Gasteiger partial charge >= 0.3 is 5.97 Å². The van der Waals surface area contributed by atoms with E-state index in [0.29, 0.717) is 23.7 Å². The number of aliphatic hydroxyl groups excluding tert-OH is 1. The van der Waals surface area contributed by atoms with Crippen LogP contribution in [0, 0.1) is 51.2 Å². The summed E-state index contributed by atoms with van der Waals surface area (Å²) in [6.45, 7) is 16.7. The van der Waals surface area contributed by atoms with Gasteiger partial charge in [0.1, 0.15) is 0 Å². The second-order valence-electron chi connectivity index (χ2n) is 14.3. The van der Waals surface area contributed by atoms with Crippen LogP contribution in [-0.4, -0.2) is 22.3 Å². The van der Waals surface area contributed by atoms with Crippen molar-refractivity contribution in [2.24, 2.45) is 51.2 Å². The smallest absolute Gasteiger partial charge is 0.310 e. The zero-order chi connectivity index (χ0) is 24.8. The van der Waals surface area contributed by atoms with Crippen molar-refractivity contribution in [3.05, 3.63) is 22.8 Å². The van der Waals surface area contributed by atoms with E-state index in [2.05, 4.69) is 54.5 Å². The van der Waals surface area contributed by atoms with Gasteiger partial charge in [-0.25, -0.2) is 0 Å². The van der Waals surface area contributed by atoms with Gasteiger partial charge in [-0.1, -0.05) is 53.2 Å². The molecule has 2 N–H and O–H groups in total. The maximum atomic E-state index is 12.8. The number of aliphatic carboxylic acids is 1. The molecule has 190 valence electrons. The molecule has 0 radical (unpaired) electrons. The fourth-order valence-corrected chi connectivity index (χ4v) is 10.4. The Labute approximate surface area is 207 Å². The summed E-state index contributed by atoms with van der Waals surface area (Å²) >= 11 is 0. The summed E-state index contributed by atoms with van der Waals surface area (Å²) in [6, 6.07) is 0. The lowest BCUT2D eigenvalue weighted by atomic mass is 9.41. The monoisotopic (exact) mass is 468 g/mol. The van der Waals surface area contributed by atoms with Gasteiger partial charge in [0.15, 0.2) is 0 Å². The maximum absolute atomic E-state index is 12.8. The molecule has 3 nitrogen and oxygen atoms in total. The molecule has 0 bridgehead atoms. The third kappa shape index (κ3) is 3.01. The van der Waals surface area contributed by atoms with E-state index in [-0.39, 0.29) is 28.3 Å². The third-order valence-electron chi connectivity index (χ3n) is 12.9. The van der Waals surface area contributed by atoms with Crippen molar-refractivity contribution in [1.82, 2.24) is 0 Å². The zero-order valence-electron chi connectivity index (χ0n) is 22.7. The predicted octanol–water partition coefficient (Wildman–Crippen LogP) is 7.40. The normalized spacial score (nSPS) is 50.2. The summed E-state index contributed by atoms with van der Waals surface area (Å²) in [6.07, 6.45) is 11.3. The minimum Gasteiger partial charge on any atom is -0.481 e. The fourth-order valence-electron chi connectivity index (χ4n) is 10.4. The van der Waals surface area contributed by atoms with Crippen LogP contribution >= 0.6 is 0 Å². The maximum Gasteiger partial charge on any atom is 0.310 e. The Hall–Kier alpha value is -1.09. The van der Waals surface area contributed by atoms with Crippen LogP contribution in [0.25, 0.3) is 0 Å². The molecule has 3 heteroatoms. The lowest BCUT2D eigenvalue weighted by molar-refractivity contribution is -0.162. The van der Waals surface area contributed by atoms with Crippen LogP contribution in [0.2, 0.25) is 0 Å². The van der Waals surface area contributed by atoms with Gasteiger partial charge < -0.3 is 10.2 Å². The predicted molar refractivity (Wildman–Crippen MR) is 137 cm³/mol. The lowest BCUT2D eigenvalue weighted by Crippen LogP contribution is -2.58. The minimum atomic E-state index is -0.582. The molecular weight excluding hydrogens is 420 g/mol. The van der Waals surface area contributed by atoms with Crippen LogP contribution in [0.1, 0.15) is 106 Å². The van der Waals surface area contributed by atoms with Crippen molar-refractivity contribution < 1.29 is 15.0 Å². The topological polar surface area (TPSA) is 57.5 Å². The second-order valence-corrected chi connectivity index (χ2v) is 14.3. The molecule has 4 fully saturated rings. The van der Waals surface area contributed by atoms with Crippen LogP contribution in [0.4, 0.5) is 0 Å². The van der Waals surface area contributed by atoms with E-state index < -0.39 is 11.4 Å². The van der Waals surface area contributed by atoms with E-state index >= 15 is 0 Å². The highest BCUT2D eigenvalue weighted by Gasteiger charge is 2.62. The SMILES string of the molecule is CC1=C2CC[C@@]3(C(=O)O)CC[C@@H](C)[C@H](C)C3C2=CCC2[C@@]3(C)CC[C@H](O)C(C)(C)C3CC[C@@]12C. The summed E-state index contributed by atoms with van der Waals surface area (Å²) in [7, 11) is 0. The number of carboxylic acids is 1. The molecule has 0 heterocycles. The molecular formula is C31H48O3. The van der Waals surface area contributed by atoms with Crippen LogP contribution < -0.4 is 0 Å². The first-order valence-electron chi connectivity index (χ1n) is 14.1. The van der Waals surface area contributed by atoms with Crippen molar-refractivity contribution >= 4 is 5.97 Å². The molecule has 4 saturated carbocycles. The number of carboxylic acid groups (broad SMARTS) is 1. The van der Waals surface area contributed by atoms with E-state index in [1.54, 1.807) is 5.57 Å². The van der Waals surface area contributed by atoms with E-state index in [1.807, 2.05) is 0 Å². The van der Waals surface area contributed by atoms with Gasteiger partial charge in [0.25, 0.3) is 0 Å². The first kappa shape index (κ1) is 24.6. The third-order valence-corrected chi connectivity index (χ3v) is 12.9. The molecule has 0 aromatic rings. The van der Waals surface area contributed by atoms with Gasteiger partial charge in [0.2, 0.25) is 0 Å². The molecule has 0 aliphatic heterocycles. The Morgan fingerprint density at radius 3 is 2.35 bits per heavy atom. The summed E-state index contributed by atoms with van der Waals surface area (Å²) < 4.78 is 0. The Balaban J connectivity index is 1.63. The number of rotatable bonds is 1. The summed E-state index contributed by atoms with van der Waals surface area (Å²) in [5.41, 5.74) is 4.23. The molecule has 0 saturated heterocycles. The Bertz CT molecular complexity index is 942. The van der Waals surface area contributed by atoms with Gasteiger partial charge in [0, 0.05) is 5.92 Å². The first-order chi connectivity index (χ1) is 15.8. The van der Waals surface area contributed by atoms with Gasteiger partial charge in [-0.3, -0.25) is 4.79 Å². The number of hydrogen-bond acceptors (Lipinski definition) is 2. The van der Waals surface area contributed by atoms with Gasteiger partial charge in [0.05, 0.1) is 11.5 Å². The van der Waals surface area contributed by atoms with Gasteiger partial charge in [-0.2, -0.15) is 0 Å². The Morgan fingerprint density at radius 1 is 0.971 bits per heavy atom. The quantitative estimate of drug-likeness (QED) is 0.421. The largest absolute Gasteiger partial charge is 0.481 e. The van der Waals surface area contributed by atoms with E-state index in [4.69, 9.17) is 0 Å². The second kappa shape index (κ2) is 7.70. The van der Waals surface area contributed by atoms with Gasteiger partial charge in [-0.05, 0) is 116 Å². The highest BCUT2D eigenvalue weighted by atomic mass is 16.4. The Kier molecular flexibility index (Phi) is 5.57. The molecule has 0 aromatic carbocycles. The van der Waals surface area contributed by atoms with Crippen molar-refractivity contribution in [2.45, 2.75) is 112 Å². The fraction of sp³-hybridized carbons (Fsp3) is 0.839. The van der Waals surface area contributed by atoms with Crippen LogP contribution in [-0.2, 0) is 4.79 Å². The minimum absolute atomic E-state index is 0.0483. The molecule has 9 atom stereocenters. The number of allylic oxidation sites excluding steroid dienone is 4. The van der Waals surface area contributed by atoms with Crippen molar-refractivity contribution in [2.75, 3.05) is 0 Å². The molecule has 0 amide bonds. The van der Waals surface area contributed by atoms with Crippen molar-refractivity contribution in [3.8, 4) is 0 Å². The first-order valence-corrected chi connectivity index (χ1v) is 14.1. The molecule has 0 spiro atoms. The molecule has 3 unspecified atom stereocenters. The standard InChI is InChI=1S/C31H48O3/c1-18-10-16-31(27(33)34)17-11-21-20(3)29(6)14-12-23-28(4,5)25(32)13-15-30(23,7)24(29)9-8-22(21)26(31)19(18)2/h8,18-19,23-26,32H,9-17H2,1-7H3,(H,33,34)/t18-,19+,23?,24?,25+,26?,29+,30+,31+/m1/s1. The molecule has 5 aliphatic rings. The average molecular weight is 469 g/mol. The van der Waals surface area contributed by atoms with Crippen LogP contribution in [0.3, 0.4) is 0 Å². The van der Waals surface area contributed by atoms with Crippen LogP contribution in [0.15, 0.2) is 22.8 Å². The van der Waals surface area contributed by atoms with Crippen LogP contribution in [0.5, 0.6) is 0 Å². The Morgan fingerprint density at radius 2 is 1.68 bits per heavy atom. The highest BCUT2D eigenvalue weighted by molar-refractivity contribution is 5.77. The molecule has 5 aliphatic carbocycles. The molecule has 5 rings (SSSR count). The summed E-state index contributed by atoms with van der Waals surface area (Å²) in [5.74, 6) is 1.64. The zero-order valence-corrected chi connectivity index (χ0v) is 22.7. The number of carbonyl (C=O) groups is 1. The van der Waals surface area contributed by atoms with Crippen molar-refractivity contribution in [3.63, 3.8) is 0 Å².